The summed E-state index contributed by atoms with van der Waals surface area (Å²) in [5.41, 5.74) is 2.00. The first-order valence-corrected chi connectivity index (χ1v) is 17.3. The Hall–Kier alpha value is -4.12. The summed E-state index contributed by atoms with van der Waals surface area (Å²) in [7, 11) is -3.69. The predicted octanol–water partition coefficient (Wildman–Crippen LogP) is 4.84. The van der Waals surface area contributed by atoms with Crippen molar-refractivity contribution in [1.82, 2.24) is 10.2 Å². The molecule has 9 nitrogen and oxygen atoms in total. The van der Waals surface area contributed by atoms with E-state index in [1.54, 1.807) is 35.2 Å². The average molecular weight is 638 g/mol. The summed E-state index contributed by atoms with van der Waals surface area (Å²) in [4.78, 5) is 29.4. The van der Waals surface area contributed by atoms with Crippen LogP contribution in [0.1, 0.15) is 49.7 Å². The second-order valence-corrected chi connectivity index (χ2v) is 13.5. The summed E-state index contributed by atoms with van der Waals surface area (Å²) >= 11 is 0. The Kier molecular flexibility index (Phi) is 10.6. The van der Waals surface area contributed by atoms with Crippen molar-refractivity contribution in [2.75, 3.05) is 30.3 Å². The number of hydrogen-bond donors (Lipinski definition) is 1. The lowest BCUT2D eigenvalue weighted by molar-refractivity contribution is -0.141. The maximum atomic E-state index is 14.0. The number of rotatable bonds is 13. The molecular formula is C34H40FN3O6S. The third kappa shape index (κ3) is 8.75. The van der Waals surface area contributed by atoms with Gasteiger partial charge in [-0.05, 0) is 54.7 Å². The largest absolute Gasteiger partial charge is 0.486 e. The highest BCUT2D eigenvalue weighted by Crippen LogP contribution is 2.35. The zero-order valence-corrected chi connectivity index (χ0v) is 26.3. The molecule has 0 unspecified atom stereocenters. The standard InChI is InChI=1S/C34H40FN3O6S/c1-45(41,42)38(29-17-18-31-32(23-29)44-21-20-43-31)19-7-12-33(39)37(24-26-13-15-27(35)16-14-26)30(22-25-8-3-2-4-9-25)34(40)36-28-10-5-6-11-28/h2-4,8-9,13-18,23,28,30H,5-7,10-12,19-22,24H2,1H3,(H,36,40)/t30-/m0/s1. The van der Waals surface area contributed by atoms with Crippen molar-refractivity contribution in [2.45, 2.75) is 63.6 Å². The van der Waals surface area contributed by atoms with Crippen molar-refractivity contribution in [1.29, 1.82) is 0 Å². The Balaban J connectivity index is 1.37. The molecule has 45 heavy (non-hydrogen) atoms. The van der Waals surface area contributed by atoms with Gasteiger partial charge in [0.05, 0.1) is 11.9 Å². The normalized spacial score (nSPS) is 15.3. The smallest absolute Gasteiger partial charge is 0.243 e. The number of hydrogen-bond acceptors (Lipinski definition) is 6. The molecule has 5 rings (SSSR count). The van der Waals surface area contributed by atoms with Gasteiger partial charge in [-0.15, -0.1) is 0 Å². The monoisotopic (exact) mass is 637 g/mol. The van der Waals surface area contributed by atoms with Gasteiger partial charge in [-0.25, -0.2) is 12.8 Å². The predicted molar refractivity (Wildman–Crippen MR) is 170 cm³/mol. The Bertz CT molecular complexity index is 1560. The van der Waals surface area contributed by atoms with Crippen molar-refractivity contribution in [2.24, 2.45) is 0 Å². The quantitative estimate of drug-likeness (QED) is 0.288. The summed E-state index contributed by atoms with van der Waals surface area (Å²) < 4.78 is 51.8. The molecule has 1 N–H and O–H groups in total. The Labute approximate surface area is 264 Å². The molecule has 2 aliphatic rings. The molecule has 240 valence electrons. The van der Waals surface area contributed by atoms with E-state index in [0.717, 1.165) is 37.5 Å². The van der Waals surface area contributed by atoms with Crippen LogP contribution >= 0.6 is 0 Å². The summed E-state index contributed by atoms with van der Waals surface area (Å²) in [5, 5.41) is 3.17. The maximum Gasteiger partial charge on any atom is 0.243 e. The number of benzene rings is 3. The van der Waals surface area contributed by atoms with Gasteiger partial charge in [-0.1, -0.05) is 55.3 Å². The summed E-state index contributed by atoms with van der Waals surface area (Å²) in [6, 6.07) is 19.6. The second kappa shape index (κ2) is 14.8. The van der Waals surface area contributed by atoms with Crippen LogP contribution in [0.15, 0.2) is 72.8 Å². The van der Waals surface area contributed by atoms with E-state index in [2.05, 4.69) is 5.32 Å². The Morgan fingerprint density at radius 2 is 1.62 bits per heavy atom. The molecule has 0 bridgehead atoms. The molecular weight excluding hydrogens is 597 g/mol. The van der Waals surface area contributed by atoms with E-state index in [4.69, 9.17) is 9.47 Å². The topological polar surface area (TPSA) is 105 Å². The van der Waals surface area contributed by atoms with Crippen LogP contribution in [-0.4, -0.2) is 63.2 Å². The zero-order valence-electron chi connectivity index (χ0n) is 25.5. The molecule has 1 aliphatic heterocycles. The number of nitrogens with zero attached hydrogens (tertiary/aromatic N) is 2. The van der Waals surface area contributed by atoms with Crippen LogP contribution in [0.4, 0.5) is 10.1 Å². The lowest BCUT2D eigenvalue weighted by Crippen LogP contribution is -2.52. The van der Waals surface area contributed by atoms with Crippen LogP contribution in [0.2, 0.25) is 0 Å². The van der Waals surface area contributed by atoms with Gasteiger partial charge < -0.3 is 19.7 Å². The minimum absolute atomic E-state index is 0.000233. The van der Waals surface area contributed by atoms with Gasteiger partial charge in [-0.2, -0.15) is 0 Å². The molecule has 2 amide bonds. The lowest BCUT2D eigenvalue weighted by atomic mass is 10.0. The van der Waals surface area contributed by atoms with E-state index in [9.17, 15) is 22.4 Å². The third-order valence-corrected chi connectivity index (χ3v) is 9.40. The van der Waals surface area contributed by atoms with Crippen molar-refractivity contribution < 1.29 is 31.9 Å². The van der Waals surface area contributed by atoms with Gasteiger partial charge in [0.25, 0.3) is 0 Å². The van der Waals surface area contributed by atoms with Crippen LogP contribution in [-0.2, 0) is 32.6 Å². The molecule has 11 heteroatoms. The number of anilines is 1. The minimum atomic E-state index is -3.69. The first-order valence-electron chi connectivity index (χ1n) is 15.4. The number of carbonyl (C=O) groups excluding carboxylic acids is 2. The molecule has 1 heterocycles. The fraction of sp³-hybridized carbons (Fsp3) is 0.412. The molecule has 0 saturated heterocycles. The van der Waals surface area contributed by atoms with Crippen molar-refractivity contribution in [3.8, 4) is 11.5 Å². The molecule has 3 aromatic rings. The molecule has 1 fully saturated rings. The van der Waals surface area contributed by atoms with Gasteiger partial charge >= 0.3 is 0 Å². The van der Waals surface area contributed by atoms with Crippen LogP contribution < -0.4 is 19.1 Å². The molecule has 1 saturated carbocycles. The number of ether oxygens (including phenoxy) is 2. The van der Waals surface area contributed by atoms with Crippen molar-refractivity contribution in [3.05, 3.63) is 89.7 Å². The lowest BCUT2D eigenvalue weighted by Gasteiger charge is -2.33. The Morgan fingerprint density at radius 1 is 0.933 bits per heavy atom. The summed E-state index contributed by atoms with van der Waals surface area (Å²) in [6.07, 6.45) is 5.53. The SMILES string of the molecule is CS(=O)(=O)N(CCCC(=O)N(Cc1ccc(F)cc1)[C@@H](Cc1ccccc1)C(=O)NC1CCCC1)c1ccc2c(c1)OCCO2. The summed E-state index contributed by atoms with van der Waals surface area (Å²) in [5.74, 6) is 0.0977. The van der Waals surface area contributed by atoms with E-state index in [-0.39, 0.29) is 43.8 Å². The van der Waals surface area contributed by atoms with Crippen molar-refractivity contribution in [3.63, 3.8) is 0 Å². The summed E-state index contributed by atoms with van der Waals surface area (Å²) in [6.45, 7) is 0.938. The van der Waals surface area contributed by atoms with Crippen LogP contribution in [0.5, 0.6) is 11.5 Å². The first kappa shape index (κ1) is 32.3. The molecule has 0 spiro atoms. The van der Waals surface area contributed by atoms with Gasteiger partial charge in [0.1, 0.15) is 25.1 Å². The second-order valence-electron chi connectivity index (χ2n) is 11.6. The highest BCUT2D eigenvalue weighted by Gasteiger charge is 2.32. The van der Waals surface area contributed by atoms with E-state index in [1.165, 1.54) is 16.4 Å². The zero-order chi connectivity index (χ0) is 31.8. The number of halogens is 1. The number of carbonyl (C=O) groups is 2. The fourth-order valence-corrected chi connectivity index (χ4v) is 6.86. The number of amides is 2. The first-order chi connectivity index (χ1) is 21.7. The van der Waals surface area contributed by atoms with Gasteiger partial charge in [0, 0.05) is 38.0 Å². The average Bonchev–Trinajstić information content (AvgIpc) is 3.54. The minimum Gasteiger partial charge on any atom is -0.486 e. The van der Waals surface area contributed by atoms with Gasteiger partial charge in [0.15, 0.2) is 11.5 Å². The Morgan fingerprint density at radius 3 is 2.31 bits per heavy atom. The van der Waals surface area contributed by atoms with Crippen LogP contribution in [0.3, 0.4) is 0 Å². The van der Waals surface area contributed by atoms with Gasteiger partial charge in [0.2, 0.25) is 21.8 Å². The van der Waals surface area contributed by atoms with E-state index in [1.807, 2.05) is 30.3 Å². The number of fused-ring (bicyclic) bond motifs is 1. The molecule has 1 aliphatic carbocycles. The molecule has 0 aromatic heterocycles. The molecule has 3 aromatic carbocycles. The molecule has 1 atom stereocenters. The highest BCUT2D eigenvalue weighted by atomic mass is 32.2. The van der Waals surface area contributed by atoms with E-state index >= 15 is 0 Å². The van der Waals surface area contributed by atoms with Gasteiger partial charge in [-0.3, -0.25) is 13.9 Å². The number of nitrogens with one attached hydrogen (secondary N) is 1. The highest BCUT2D eigenvalue weighted by molar-refractivity contribution is 7.92. The fourth-order valence-electron chi connectivity index (χ4n) is 5.90. The van der Waals surface area contributed by atoms with Crippen LogP contribution in [0.25, 0.3) is 0 Å². The molecule has 0 radical (unpaired) electrons. The van der Waals surface area contributed by atoms with E-state index in [0.29, 0.717) is 42.4 Å². The maximum absolute atomic E-state index is 14.0. The van der Waals surface area contributed by atoms with E-state index < -0.39 is 21.9 Å². The van der Waals surface area contributed by atoms with Crippen molar-refractivity contribution >= 4 is 27.5 Å². The third-order valence-electron chi connectivity index (χ3n) is 8.20. The van der Waals surface area contributed by atoms with Crippen LogP contribution in [0, 0.1) is 5.82 Å². The number of sulfonamides is 1.